The minimum atomic E-state index is -4.36. The summed E-state index contributed by atoms with van der Waals surface area (Å²) in [7, 11) is 1.75. The Morgan fingerprint density at radius 1 is 1.38 bits per heavy atom. The van der Waals surface area contributed by atoms with Crippen molar-refractivity contribution in [1.82, 2.24) is 4.90 Å². The molecule has 1 aromatic carbocycles. The molecule has 3 nitrogen and oxygen atoms in total. The van der Waals surface area contributed by atoms with E-state index in [2.05, 4.69) is 0 Å². The van der Waals surface area contributed by atoms with E-state index in [9.17, 15) is 18.0 Å². The number of carbonyl (C=O) groups excluding carboxylic acids is 1. The SMILES string of the molecule is CN1CC[C@@H](SCc2ccccc2OCC(F)(F)F)C1=O. The molecule has 0 unspecified atom stereocenters. The van der Waals surface area contributed by atoms with Crippen LogP contribution in [0, 0.1) is 0 Å². The molecule has 0 saturated carbocycles. The lowest BCUT2D eigenvalue weighted by Crippen LogP contribution is -2.23. The van der Waals surface area contributed by atoms with Gasteiger partial charge < -0.3 is 9.64 Å². The second kappa shape index (κ2) is 6.60. The van der Waals surface area contributed by atoms with Crippen molar-refractivity contribution < 1.29 is 22.7 Å². The number of amides is 1. The van der Waals surface area contributed by atoms with Crippen molar-refractivity contribution in [2.75, 3.05) is 20.2 Å². The zero-order chi connectivity index (χ0) is 15.5. The molecule has 1 fully saturated rings. The second-order valence-corrected chi connectivity index (χ2v) is 6.05. The number of rotatable bonds is 5. The lowest BCUT2D eigenvalue weighted by atomic mass is 10.2. The molecule has 1 aliphatic heterocycles. The second-order valence-electron chi connectivity index (χ2n) is 4.86. The van der Waals surface area contributed by atoms with Crippen LogP contribution < -0.4 is 4.74 Å². The van der Waals surface area contributed by atoms with Crippen molar-refractivity contribution in [3.8, 4) is 5.75 Å². The topological polar surface area (TPSA) is 29.5 Å². The maximum atomic E-state index is 12.2. The third-order valence-corrected chi connectivity index (χ3v) is 4.50. The van der Waals surface area contributed by atoms with Crippen LogP contribution in [-0.4, -0.2) is 42.4 Å². The highest BCUT2D eigenvalue weighted by atomic mass is 32.2. The Balaban J connectivity index is 1.95. The van der Waals surface area contributed by atoms with Crippen LogP contribution in [0.1, 0.15) is 12.0 Å². The fourth-order valence-electron chi connectivity index (χ4n) is 2.06. The molecule has 1 atom stereocenters. The van der Waals surface area contributed by atoms with E-state index in [1.807, 2.05) is 0 Å². The fourth-order valence-corrected chi connectivity index (χ4v) is 3.27. The van der Waals surface area contributed by atoms with Gasteiger partial charge in [0, 0.05) is 24.9 Å². The number of para-hydroxylation sites is 1. The Labute approximate surface area is 125 Å². The van der Waals surface area contributed by atoms with Gasteiger partial charge in [0.1, 0.15) is 5.75 Å². The van der Waals surface area contributed by atoms with Gasteiger partial charge in [-0.25, -0.2) is 0 Å². The van der Waals surface area contributed by atoms with Gasteiger partial charge in [0.25, 0.3) is 0 Å². The summed E-state index contributed by atoms with van der Waals surface area (Å²) in [6.07, 6.45) is -3.59. The van der Waals surface area contributed by atoms with E-state index in [1.54, 1.807) is 30.1 Å². The number of ether oxygens (including phenoxy) is 1. The number of thioether (sulfide) groups is 1. The summed E-state index contributed by atoms with van der Waals surface area (Å²) in [5, 5.41) is -0.120. The standard InChI is InChI=1S/C14H16F3NO2S/c1-18-7-6-12(13(18)19)21-8-10-4-2-3-5-11(10)20-9-14(15,16)17/h2-5,12H,6-9H2,1H3/t12-/m1/s1. The zero-order valence-corrected chi connectivity index (χ0v) is 12.3. The number of nitrogens with zero attached hydrogens (tertiary/aromatic N) is 1. The van der Waals surface area contributed by atoms with Crippen molar-refractivity contribution in [3.63, 3.8) is 0 Å². The number of benzene rings is 1. The molecule has 1 aromatic rings. The first-order chi connectivity index (χ1) is 9.87. The molecule has 1 heterocycles. The van der Waals surface area contributed by atoms with Crippen molar-refractivity contribution in [3.05, 3.63) is 29.8 Å². The smallest absolute Gasteiger partial charge is 0.422 e. The molecule has 0 bridgehead atoms. The van der Waals surface area contributed by atoms with E-state index in [0.717, 1.165) is 13.0 Å². The molecule has 0 aliphatic carbocycles. The number of alkyl halides is 3. The molecule has 7 heteroatoms. The molecule has 0 N–H and O–H groups in total. The highest BCUT2D eigenvalue weighted by Crippen LogP contribution is 2.30. The van der Waals surface area contributed by atoms with E-state index in [0.29, 0.717) is 11.3 Å². The van der Waals surface area contributed by atoms with Gasteiger partial charge in [0.05, 0.1) is 5.25 Å². The maximum Gasteiger partial charge on any atom is 0.422 e. The average molecular weight is 319 g/mol. The normalized spacial score (nSPS) is 19.1. The Morgan fingerprint density at radius 2 is 2.10 bits per heavy atom. The summed E-state index contributed by atoms with van der Waals surface area (Å²) >= 11 is 1.44. The summed E-state index contributed by atoms with van der Waals surface area (Å²) < 4.78 is 41.5. The molecule has 1 amide bonds. The predicted octanol–water partition coefficient (Wildman–Crippen LogP) is 3.09. The number of halogens is 3. The molecular weight excluding hydrogens is 303 g/mol. The first kappa shape index (κ1) is 16.0. The molecule has 0 aromatic heterocycles. The molecule has 0 spiro atoms. The molecule has 1 aliphatic rings. The minimum absolute atomic E-state index is 0.0775. The molecule has 116 valence electrons. The first-order valence-electron chi connectivity index (χ1n) is 6.51. The number of hydrogen-bond acceptors (Lipinski definition) is 3. The van der Waals surface area contributed by atoms with E-state index in [4.69, 9.17) is 4.74 Å². The Kier molecular flexibility index (Phi) is 5.03. The molecule has 21 heavy (non-hydrogen) atoms. The third-order valence-electron chi connectivity index (χ3n) is 3.18. The zero-order valence-electron chi connectivity index (χ0n) is 11.5. The predicted molar refractivity (Wildman–Crippen MR) is 75.3 cm³/mol. The lowest BCUT2D eigenvalue weighted by Gasteiger charge is -2.14. The van der Waals surface area contributed by atoms with Crippen LogP contribution in [0.3, 0.4) is 0 Å². The van der Waals surface area contributed by atoms with Crippen LogP contribution in [0.25, 0.3) is 0 Å². The first-order valence-corrected chi connectivity index (χ1v) is 7.56. The molecule has 2 rings (SSSR count). The van der Waals surface area contributed by atoms with Gasteiger partial charge in [-0.3, -0.25) is 4.79 Å². The van der Waals surface area contributed by atoms with Crippen molar-refractivity contribution in [2.45, 2.75) is 23.6 Å². The van der Waals surface area contributed by atoms with Gasteiger partial charge >= 0.3 is 6.18 Å². The lowest BCUT2D eigenvalue weighted by molar-refractivity contribution is -0.153. The van der Waals surface area contributed by atoms with Gasteiger partial charge in [0.2, 0.25) is 5.91 Å². The van der Waals surface area contributed by atoms with Crippen molar-refractivity contribution >= 4 is 17.7 Å². The summed E-state index contributed by atoms with van der Waals surface area (Å²) in [5.41, 5.74) is 0.675. The van der Waals surface area contributed by atoms with Gasteiger partial charge in [-0.1, -0.05) is 18.2 Å². The summed E-state index contributed by atoms with van der Waals surface area (Å²) in [4.78, 5) is 13.5. The van der Waals surface area contributed by atoms with Crippen LogP contribution in [-0.2, 0) is 10.5 Å². The highest BCUT2D eigenvalue weighted by molar-refractivity contribution is 7.99. The fraction of sp³-hybridized carbons (Fsp3) is 0.500. The Bertz CT molecular complexity index is 507. The largest absolute Gasteiger partial charge is 0.484 e. The summed E-state index contributed by atoms with van der Waals surface area (Å²) in [6.45, 7) is -0.581. The van der Waals surface area contributed by atoms with E-state index in [1.165, 1.54) is 17.8 Å². The van der Waals surface area contributed by atoms with Gasteiger partial charge in [-0.2, -0.15) is 13.2 Å². The Hall–Kier alpha value is -1.37. The number of likely N-dealkylation sites (tertiary alicyclic amines) is 1. The summed E-state index contributed by atoms with van der Waals surface area (Å²) in [6, 6.07) is 6.62. The Morgan fingerprint density at radius 3 is 2.71 bits per heavy atom. The highest BCUT2D eigenvalue weighted by Gasteiger charge is 2.30. The third kappa shape index (κ3) is 4.56. The maximum absolute atomic E-state index is 12.2. The molecular formula is C14H16F3NO2S. The van der Waals surface area contributed by atoms with Crippen LogP contribution >= 0.6 is 11.8 Å². The van der Waals surface area contributed by atoms with Crippen LogP contribution in [0.2, 0.25) is 0 Å². The van der Waals surface area contributed by atoms with Crippen LogP contribution in [0.4, 0.5) is 13.2 Å². The van der Waals surface area contributed by atoms with E-state index >= 15 is 0 Å². The average Bonchev–Trinajstić information content (AvgIpc) is 2.74. The van der Waals surface area contributed by atoms with Crippen LogP contribution in [0.5, 0.6) is 5.75 Å². The summed E-state index contributed by atoms with van der Waals surface area (Å²) in [5.74, 6) is 0.757. The molecule has 1 saturated heterocycles. The van der Waals surface area contributed by atoms with Gasteiger partial charge in [0.15, 0.2) is 6.61 Å². The quantitative estimate of drug-likeness (QED) is 0.835. The van der Waals surface area contributed by atoms with E-state index in [-0.39, 0.29) is 16.9 Å². The van der Waals surface area contributed by atoms with Gasteiger partial charge in [-0.15, -0.1) is 11.8 Å². The number of carbonyl (C=O) groups is 1. The van der Waals surface area contributed by atoms with Crippen molar-refractivity contribution in [1.29, 1.82) is 0 Å². The molecule has 0 radical (unpaired) electrons. The van der Waals surface area contributed by atoms with Gasteiger partial charge in [-0.05, 0) is 12.5 Å². The van der Waals surface area contributed by atoms with E-state index < -0.39 is 12.8 Å². The minimum Gasteiger partial charge on any atom is -0.484 e. The van der Waals surface area contributed by atoms with Crippen molar-refractivity contribution in [2.24, 2.45) is 0 Å². The van der Waals surface area contributed by atoms with Crippen LogP contribution in [0.15, 0.2) is 24.3 Å². The number of hydrogen-bond donors (Lipinski definition) is 0. The monoisotopic (exact) mass is 319 g/mol.